The van der Waals surface area contributed by atoms with Gasteiger partial charge in [0, 0.05) is 6.92 Å². The molecule has 0 aromatic rings. The number of methoxy groups -OCH3 is 1. The van der Waals surface area contributed by atoms with Gasteiger partial charge in [-0.15, -0.1) is 0 Å². The molecule has 0 aliphatic rings. The maximum absolute atomic E-state index is 9.59. The lowest BCUT2D eigenvalue weighted by Crippen LogP contribution is -1.88. The maximum atomic E-state index is 9.59. The van der Waals surface area contributed by atoms with Gasteiger partial charge >= 0.3 is 5.97 Å². The van der Waals surface area contributed by atoms with Crippen LogP contribution in [0.4, 0.5) is 0 Å². The SMILES string of the molecule is COC(C)=O.O.O.O.O. The molecule has 0 aliphatic heterocycles. The number of rotatable bonds is 0. The lowest BCUT2D eigenvalue weighted by Gasteiger charge is -1.80. The fourth-order valence-electron chi connectivity index (χ4n) is 0. The molecule has 0 aromatic carbocycles. The van der Waals surface area contributed by atoms with Crippen LogP contribution in [0.5, 0.6) is 0 Å². The normalized spacial score (nSPS) is 3.78. The third-order valence-electron chi connectivity index (χ3n) is 0.287. The summed E-state index contributed by atoms with van der Waals surface area (Å²) in [4.78, 5) is 9.59. The van der Waals surface area contributed by atoms with E-state index in [0.29, 0.717) is 0 Å². The van der Waals surface area contributed by atoms with E-state index in [9.17, 15) is 4.79 Å². The van der Waals surface area contributed by atoms with E-state index in [0.717, 1.165) is 0 Å². The minimum atomic E-state index is -0.245. The first-order chi connectivity index (χ1) is 2.27. The highest BCUT2D eigenvalue weighted by Crippen LogP contribution is 1.60. The monoisotopic (exact) mass is 146 g/mol. The predicted molar refractivity (Wildman–Crippen MR) is 32.1 cm³/mol. The Hall–Kier alpha value is -0.690. The first-order valence-corrected chi connectivity index (χ1v) is 1.32. The van der Waals surface area contributed by atoms with Crippen molar-refractivity contribution in [2.45, 2.75) is 6.92 Å². The van der Waals surface area contributed by atoms with Crippen molar-refractivity contribution in [3.05, 3.63) is 0 Å². The van der Waals surface area contributed by atoms with Gasteiger partial charge in [0.1, 0.15) is 0 Å². The maximum Gasteiger partial charge on any atom is 0.302 e. The number of hydrogen-bond donors (Lipinski definition) is 0. The quantitative estimate of drug-likeness (QED) is 0.332. The summed E-state index contributed by atoms with van der Waals surface area (Å²) in [7, 11) is 1.35. The first kappa shape index (κ1) is 40.5. The highest BCUT2D eigenvalue weighted by Gasteiger charge is 1.75. The number of ether oxygens (including phenoxy) is 1. The fourth-order valence-corrected chi connectivity index (χ4v) is 0. The van der Waals surface area contributed by atoms with Crippen molar-refractivity contribution in [1.29, 1.82) is 0 Å². The fraction of sp³-hybridized carbons (Fsp3) is 0.667. The number of carbonyl (C=O) groups is 1. The second kappa shape index (κ2) is 26.6. The molecule has 0 rings (SSSR count). The average Bonchev–Trinajstić information content (AvgIpc) is 1.38. The molecule has 62 valence electrons. The molecule has 8 N–H and O–H groups in total. The summed E-state index contributed by atoms with van der Waals surface area (Å²) in [6.45, 7) is 1.36. The van der Waals surface area contributed by atoms with Gasteiger partial charge in [-0.3, -0.25) is 4.79 Å². The summed E-state index contributed by atoms with van der Waals surface area (Å²) >= 11 is 0. The van der Waals surface area contributed by atoms with Gasteiger partial charge in [0.2, 0.25) is 0 Å². The van der Waals surface area contributed by atoms with Crippen molar-refractivity contribution in [2.24, 2.45) is 0 Å². The minimum absolute atomic E-state index is 0. The van der Waals surface area contributed by atoms with Gasteiger partial charge in [-0.25, -0.2) is 0 Å². The Balaban J connectivity index is -0.0000000133. The highest BCUT2D eigenvalue weighted by molar-refractivity contribution is 5.65. The van der Waals surface area contributed by atoms with Gasteiger partial charge in [0.05, 0.1) is 7.11 Å². The van der Waals surface area contributed by atoms with Gasteiger partial charge in [-0.05, 0) is 0 Å². The van der Waals surface area contributed by atoms with Gasteiger partial charge in [-0.1, -0.05) is 0 Å². The van der Waals surface area contributed by atoms with E-state index in [1.54, 1.807) is 0 Å². The van der Waals surface area contributed by atoms with E-state index < -0.39 is 0 Å². The molecule has 0 aromatic heterocycles. The molecule has 0 heterocycles. The number of hydrogen-bond acceptors (Lipinski definition) is 2. The summed E-state index contributed by atoms with van der Waals surface area (Å²) in [5, 5.41) is 0. The standard InChI is InChI=1S/C3H6O2.4H2O/c1-3(4)5-2;;;;/h1-2H3;4*1H2. The summed E-state index contributed by atoms with van der Waals surface area (Å²) in [5.41, 5.74) is 0. The van der Waals surface area contributed by atoms with E-state index in [1.165, 1.54) is 14.0 Å². The van der Waals surface area contributed by atoms with Crippen LogP contribution in [0.2, 0.25) is 0 Å². The van der Waals surface area contributed by atoms with Crippen LogP contribution >= 0.6 is 0 Å². The number of carbonyl (C=O) groups excluding carboxylic acids is 1. The highest BCUT2D eigenvalue weighted by atomic mass is 16.5. The zero-order valence-electron chi connectivity index (χ0n) is 5.32. The Morgan fingerprint density at radius 2 is 1.22 bits per heavy atom. The van der Waals surface area contributed by atoms with Crippen LogP contribution in [-0.2, 0) is 9.53 Å². The van der Waals surface area contributed by atoms with E-state index in [-0.39, 0.29) is 27.9 Å². The van der Waals surface area contributed by atoms with Crippen molar-refractivity contribution >= 4 is 5.97 Å². The molecule has 0 bridgehead atoms. The van der Waals surface area contributed by atoms with Crippen molar-refractivity contribution in [3.8, 4) is 0 Å². The molecular weight excluding hydrogens is 132 g/mol. The molecule has 0 unspecified atom stereocenters. The molecule has 0 saturated heterocycles. The van der Waals surface area contributed by atoms with Gasteiger partial charge in [-0.2, -0.15) is 0 Å². The second-order valence-corrected chi connectivity index (χ2v) is 0.696. The predicted octanol–water partition coefficient (Wildman–Crippen LogP) is -3.12. The average molecular weight is 146 g/mol. The number of esters is 1. The zero-order chi connectivity index (χ0) is 4.28. The summed E-state index contributed by atoms with van der Waals surface area (Å²) < 4.78 is 4.11. The van der Waals surface area contributed by atoms with Crippen LogP contribution in [0.1, 0.15) is 6.92 Å². The van der Waals surface area contributed by atoms with Crippen molar-refractivity contribution in [2.75, 3.05) is 7.11 Å². The third kappa shape index (κ3) is 120. The Morgan fingerprint density at radius 1 is 1.11 bits per heavy atom. The van der Waals surface area contributed by atoms with Crippen molar-refractivity contribution < 1.29 is 31.4 Å². The summed E-state index contributed by atoms with van der Waals surface area (Å²) in [5.74, 6) is -0.245. The third-order valence-corrected chi connectivity index (χ3v) is 0.287. The Kier molecular flexibility index (Phi) is 120. The van der Waals surface area contributed by atoms with E-state index in [4.69, 9.17) is 0 Å². The summed E-state index contributed by atoms with van der Waals surface area (Å²) in [6.07, 6.45) is 0. The van der Waals surface area contributed by atoms with Crippen LogP contribution in [0.15, 0.2) is 0 Å². The zero-order valence-corrected chi connectivity index (χ0v) is 5.32. The lowest BCUT2D eigenvalue weighted by molar-refractivity contribution is -0.137. The molecule has 6 nitrogen and oxygen atoms in total. The van der Waals surface area contributed by atoms with E-state index >= 15 is 0 Å². The molecule has 0 atom stereocenters. The van der Waals surface area contributed by atoms with Crippen LogP contribution < -0.4 is 0 Å². The van der Waals surface area contributed by atoms with Gasteiger partial charge in [0.25, 0.3) is 0 Å². The smallest absolute Gasteiger partial charge is 0.302 e. The van der Waals surface area contributed by atoms with Crippen LogP contribution in [-0.4, -0.2) is 35.0 Å². The van der Waals surface area contributed by atoms with E-state index in [1.807, 2.05) is 0 Å². The Bertz CT molecular complexity index is 43.6. The lowest BCUT2D eigenvalue weighted by atomic mass is 10.8. The molecule has 0 amide bonds. The molecular formula is C3H14O6. The summed E-state index contributed by atoms with van der Waals surface area (Å²) in [6, 6.07) is 0. The Morgan fingerprint density at radius 3 is 1.22 bits per heavy atom. The Labute approximate surface area is 52.7 Å². The van der Waals surface area contributed by atoms with Crippen LogP contribution in [0.25, 0.3) is 0 Å². The topological polar surface area (TPSA) is 152 Å². The molecule has 0 aliphatic carbocycles. The van der Waals surface area contributed by atoms with Gasteiger partial charge < -0.3 is 26.6 Å². The molecule has 0 spiro atoms. The molecule has 0 radical (unpaired) electrons. The second-order valence-electron chi connectivity index (χ2n) is 0.696. The van der Waals surface area contributed by atoms with Crippen LogP contribution in [0, 0.1) is 0 Å². The molecule has 9 heavy (non-hydrogen) atoms. The first-order valence-electron chi connectivity index (χ1n) is 1.32. The molecule has 6 heteroatoms. The van der Waals surface area contributed by atoms with Crippen LogP contribution in [0.3, 0.4) is 0 Å². The molecule has 0 saturated carbocycles. The minimum Gasteiger partial charge on any atom is -0.469 e. The van der Waals surface area contributed by atoms with Crippen molar-refractivity contribution in [1.82, 2.24) is 0 Å². The molecule has 0 fully saturated rings. The van der Waals surface area contributed by atoms with E-state index in [2.05, 4.69) is 4.74 Å². The largest absolute Gasteiger partial charge is 0.469 e. The van der Waals surface area contributed by atoms with Crippen molar-refractivity contribution in [3.63, 3.8) is 0 Å². The van der Waals surface area contributed by atoms with Gasteiger partial charge in [0.15, 0.2) is 0 Å².